The van der Waals surface area contributed by atoms with Crippen LogP contribution in [0.15, 0.2) is 5.51 Å². The zero-order valence-electron chi connectivity index (χ0n) is 11.5. The van der Waals surface area contributed by atoms with E-state index in [4.69, 9.17) is 16.3 Å². The van der Waals surface area contributed by atoms with Gasteiger partial charge in [-0.2, -0.15) is 0 Å². The summed E-state index contributed by atoms with van der Waals surface area (Å²) in [5.74, 6) is -0.0938. The Balaban J connectivity index is 1.69. The zero-order valence-corrected chi connectivity index (χ0v) is 13.1. The minimum absolute atomic E-state index is 0.0938. The molecule has 1 N–H and O–H groups in total. The van der Waals surface area contributed by atoms with E-state index in [0.29, 0.717) is 16.1 Å². The van der Waals surface area contributed by atoms with Gasteiger partial charge in [-0.05, 0) is 26.2 Å². The Labute approximate surface area is 127 Å². The molecule has 2 atom stereocenters. The number of halogens is 1. The molecule has 0 radical (unpaired) electrons. The smallest absolute Gasteiger partial charge is 0.264 e. The van der Waals surface area contributed by atoms with E-state index >= 15 is 0 Å². The number of hydrogen-bond donors (Lipinski definition) is 1. The van der Waals surface area contributed by atoms with E-state index in [1.54, 1.807) is 5.51 Å². The van der Waals surface area contributed by atoms with Crippen molar-refractivity contribution in [3.8, 4) is 0 Å². The number of nitrogens with zero attached hydrogens (tertiary/aromatic N) is 1. The SMILES string of the molecule is CCO[C@@H]1C[C@H](NC(=O)c2scnc2Cl)C12CCCC2. The third-order valence-corrected chi connectivity index (χ3v) is 5.95. The third kappa shape index (κ3) is 2.26. The van der Waals surface area contributed by atoms with E-state index < -0.39 is 0 Å². The van der Waals surface area contributed by atoms with Crippen LogP contribution in [0.1, 0.15) is 48.7 Å². The first-order chi connectivity index (χ1) is 9.67. The molecule has 0 saturated heterocycles. The molecule has 6 heteroatoms. The highest BCUT2D eigenvalue weighted by molar-refractivity contribution is 7.12. The number of thiazole rings is 1. The first-order valence-corrected chi connectivity index (χ1v) is 8.44. The number of rotatable bonds is 4. The normalized spacial score (nSPS) is 27.5. The van der Waals surface area contributed by atoms with Gasteiger partial charge in [-0.1, -0.05) is 24.4 Å². The fraction of sp³-hybridized carbons (Fsp3) is 0.714. The van der Waals surface area contributed by atoms with Crippen molar-refractivity contribution in [1.29, 1.82) is 0 Å². The number of amides is 1. The lowest BCUT2D eigenvalue weighted by Crippen LogP contribution is -2.63. The number of aromatic nitrogens is 1. The molecular weight excluding hydrogens is 296 g/mol. The van der Waals surface area contributed by atoms with Gasteiger partial charge in [0.15, 0.2) is 5.15 Å². The summed E-state index contributed by atoms with van der Waals surface area (Å²) >= 11 is 7.21. The fourth-order valence-corrected chi connectivity index (χ4v) is 4.60. The Kier molecular flexibility index (Phi) is 4.02. The second-order valence-electron chi connectivity index (χ2n) is 5.62. The Morgan fingerprint density at radius 2 is 2.35 bits per heavy atom. The van der Waals surface area contributed by atoms with Crippen LogP contribution in [0, 0.1) is 5.41 Å². The van der Waals surface area contributed by atoms with Gasteiger partial charge in [0, 0.05) is 18.1 Å². The molecule has 2 fully saturated rings. The van der Waals surface area contributed by atoms with Gasteiger partial charge in [-0.3, -0.25) is 4.79 Å². The van der Waals surface area contributed by atoms with Crippen LogP contribution in [0.5, 0.6) is 0 Å². The molecule has 1 heterocycles. The number of carbonyl (C=O) groups excluding carboxylic acids is 1. The molecule has 0 aliphatic heterocycles. The largest absolute Gasteiger partial charge is 0.378 e. The van der Waals surface area contributed by atoms with E-state index in [1.807, 2.05) is 6.92 Å². The monoisotopic (exact) mass is 314 g/mol. The molecular formula is C14H19ClN2O2S. The maximum atomic E-state index is 12.3. The van der Waals surface area contributed by atoms with Gasteiger partial charge in [-0.15, -0.1) is 11.3 Å². The Hall–Kier alpha value is -0.650. The van der Waals surface area contributed by atoms with Crippen LogP contribution in [-0.4, -0.2) is 29.6 Å². The Bertz CT molecular complexity index is 499. The molecule has 1 spiro atoms. The third-order valence-electron chi connectivity index (χ3n) is 4.72. The Morgan fingerprint density at radius 1 is 1.60 bits per heavy atom. The van der Waals surface area contributed by atoms with Crippen molar-refractivity contribution in [1.82, 2.24) is 10.3 Å². The summed E-state index contributed by atoms with van der Waals surface area (Å²) in [5.41, 5.74) is 1.76. The number of ether oxygens (including phenoxy) is 1. The van der Waals surface area contributed by atoms with Crippen LogP contribution in [-0.2, 0) is 4.74 Å². The molecule has 1 amide bonds. The van der Waals surface area contributed by atoms with E-state index in [2.05, 4.69) is 10.3 Å². The van der Waals surface area contributed by atoms with Gasteiger partial charge in [0.2, 0.25) is 0 Å². The lowest BCUT2D eigenvalue weighted by molar-refractivity contribution is -0.127. The summed E-state index contributed by atoms with van der Waals surface area (Å²) in [5, 5.41) is 3.45. The number of hydrogen-bond acceptors (Lipinski definition) is 4. The molecule has 20 heavy (non-hydrogen) atoms. The second kappa shape index (κ2) is 5.62. The Morgan fingerprint density at radius 3 is 2.95 bits per heavy atom. The molecule has 2 aliphatic rings. The van der Waals surface area contributed by atoms with Crippen molar-refractivity contribution in [2.75, 3.05) is 6.61 Å². The quantitative estimate of drug-likeness (QED) is 0.928. The highest BCUT2D eigenvalue weighted by Crippen LogP contribution is 2.54. The van der Waals surface area contributed by atoms with Crippen LogP contribution in [0.2, 0.25) is 5.15 Å². The summed E-state index contributed by atoms with van der Waals surface area (Å²) in [6, 6.07) is 0.215. The average Bonchev–Trinajstić information content (AvgIpc) is 3.07. The topological polar surface area (TPSA) is 51.2 Å². The van der Waals surface area contributed by atoms with E-state index in [1.165, 1.54) is 24.2 Å². The first-order valence-electron chi connectivity index (χ1n) is 7.19. The van der Waals surface area contributed by atoms with Crippen LogP contribution in [0.3, 0.4) is 0 Å². The van der Waals surface area contributed by atoms with Gasteiger partial charge >= 0.3 is 0 Å². The average molecular weight is 315 g/mol. The van der Waals surface area contributed by atoms with E-state index in [-0.39, 0.29) is 17.4 Å². The van der Waals surface area contributed by atoms with Crippen molar-refractivity contribution in [2.24, 2.45) is 5.41 Å². The molecule has 1 aromatic heterocycles. The van der Waals surface area contributed by atoms with Gasteiger partial charge in [0.05, 0.1) is 11.6 Å². The molecule has 0 bridgehead atoms. The van der Waals surface area contributed by atoms with Gasteiger partial charge in [0.1, 0.15) is 4.88 Å². The molecule has 3 rings (SSSR count). The van der Waals surface area contributed by atoms with Gasteiger partial charge < -0.3 is 10.1 Å². The van der Waals surface area contributed by atoms with Crippen LogP contribution >= 0.6 is 22.9 Å². The van der Waals surface area contributed by atoms with Crippen molar-refractivity contribution >= 4 is 28.8 Å². The van der Waals surface area contributed by atoms with Crippen molar-refractivity contribution < 1.29 is 9.53 Å². The minimum Gasteiger partial charge on any atom is -0.378 e. The summed E-state index contributed by atoms with van der Waals surface area (Å²) in [6.07, 6.45) is 5.99. The summed E-state index contributed by atoms with van der Waals surface area (Å²) < 4.78 is 5.85. The van der Waals surface area contributed by atoms with Crippen LogP contribution < -0.4 is 5.32 Å². The summed E-state index contributed by atoms with van der Waals surface area (Å²) in [7, 11) is 0. The van der Waals surface area contributed by atoms with Crippen LogP contribution in [0.25, 0.3) is 0 Å². The highest BCUT2D eigenvalue weighted by atomic mass is 35.5. The molecule has 1 aromatic rings. The minimum atomic E-state index is -0.0938. The molecule has 0 aromatic carbocycles. The zero-order chi connectivity index (χ0) is 14.2. The lowest BCUT2D eigenvalue weighted by Gasteiger charge is -2.54. The second-order valence-corrected chi connectivity index (χ2v) is 6.83. The highest BCUT2D eigenvalue weighted by Gasteiger charge is 2.57. The van der Waals surface area contributed by atoms with E-state index in [0.717, 1.165) is 25.9 Å². The number of nitrogens with one attached hydrogen (secondary N) is 1. The van der Waals surface area contributed by atoms with Gasteiger partial charge in [-0.25, -0.2) is 4.98 Å². The first kappa shape index (κ1) is 14.3. The number of carbonyl (C=O) groups is 1. The maximum absolute atomic E-state index is 12.3. The summed E-state index contributed by atoms with van der Waals surface area (Å²) in [6.45, 7) is 2.78. The van der Waals surface area contributed by atoms with E-state index in [9.17, 15) is 4.79 Å². The lowest BCUT2D eigenvalue weighted by atomic mass is 9.60. The maximum Gasteiger partial charge on any atom is 0.264 e. The van der Waals surface area contributed by atoms with Crippen molar-refractivity contribution in [3.05, 3.63) is 15.5 Å². The van der Waals surface area contributed by atoms with Crippen molar-refractivity contribution in [2.45, 2.75) is 51.2 Å². The predicted molar refractivity (Wildman–Crippen MR) is 79.3 cm³/mol. The van der Waals surface area contributed by atoms with Gasteiger partial charge in [0.25, 0.3) is 5.91 Å². The molecule has 4 nitrogen and oxygen atoms in total. The standard InChI is InChI=1S/C14H19ClN2O2S/c1-2-19-10-7-9(14(10)5-3-4-6-14)17-13(18)11-12(15)16-8-20-11/h8-10H,2-7H2,1H3,(H,17,18)/t9-,10+/m0/s1. The molecule has 2 saturated carbocycles. The molecule has 2 aliphatic carbocycles. The molecule has 110 valence electrons. The van der Waals surface area contributed by atoms with Crippen LogP contribution in [0.4, 0.5) is 0 Å². The predicted octanol–water partition coefficient (Wildman–Crippen LogP) is 3.26. The van der Waals surface area contributed by atoms with Crippen molar-refractivity contribution in [3.63, 3.8) is 0 Å². The molecule has 0 unspecified atom stereocenters. The fourth-order valence-electron chi connectivity index (χ4n) is 3.69. The summed E-state index contributed by atoms with van der Waals surface area (Å²) in [4.78, 5) is 16.7.